The maximum Gasteiger partial charge on any atom is 0.303 e. The highest BCUT2D eigenvalue weighted by Gasteiger charge is 2.30. The third-order valence-corrected chi connectivity index (χ3v) is 2.11. The first-order valence-electron chi connectivity index (χ1n) is 4.80. The first-order chi connectivity index (χ1) is 6.04. The summed E-state index contributed by atoms with van der Waals surface area (Å²) in [5, 5.41) is 8.65. The van der Waals surface area contributed by atoms with Crippen LogP contribution in [-0.2, 0) is 9.59 Å². The van der Waals surface area contributed by atoms with Crippen LogP contribution in [0.1, 0.15) is 47.5 Å². The number of carboxylic acids is 1. The zero-order valence-electron chi connectivity index (χ0n) is 9.68. The van der Waals surface area contributed by atoms with Crippen LogP contribution in [0.3, 0.4) is 0 Å². The van der Waals surface area contributed by atoms with Gasteiger partial charge in [0.05, 0.1) is 6.42 Å². The number of Topliss-reactive ketones (excluding diaryl/α,β-unsaturated/α-hetero) is 1. The lowest BCUT2D eigenvalue weighted by atomic mass is 9.77. The van der Waals surface area contributed by atoms with Gasteiger partial charge in [0.1, 0.15) is 5.78 Å². The van der Waals surface area contributed by atoms with E-state index in [1.54, 1.807) is 0 Å². The zero-order valence-corrected chi connectivity index (χ0v) is 9.68. The number of hydrogen-bond donors (Lipinski definition) is 1. The summed E-state index contributed by atoms with van der Waals surface area (Å²) in [7, 11) is 0. The lowest BCUT2D eigenvalue weighted by Gasteiger charge is -2.26. The third kappa shape index (κ3) is 5.00. The minimum absolute atomic E-state index is 0.0365. The van der Waals surface area contributed by atoms with E-state index in [0.717, 1.165) is 0 Å². The molecule has 0 aromatic rings. The number of carboxylic acid groups (broad SMARTS) is 1. The topological polar surface area (TPSA) is 54.4 Å². The predicted molar refractivity (Wildman–Crippen MR) is 55.1 cm³/mol. The number of aliphatic carboxylic acids is 1. The Morgan fingerprint density at radius 2 is 1.43 bits per heavy atom. The molecule has 0 saturated heterocycles. The molecule has 0 aliphatic carbocycles. The van der Waals surface area contributed by atoms with Crippen LogP contribution in [-0.4, -0.2) is 16.9 Å². The molecule has 0 aromatic carbocycles. The lowest BCUT2D eigenvalue weighted by molar-refractivity contribution is -0.140. The van der Waals surface area contributed by atoms with Gasteiger partial charge in [-0.3, -0.25) is 9.59 Å². The third-order valence-electron chi connectivity index (χ3n) is 2.11. The van der Waals surface area contributed by atoms with Gasteiger partial charge in [-0.1, -0.05) is 34.6 Å². The van der Waals surface area contributed by atoms with Gasteiger partial charge in [0.15, 0.2) is 0 Å². The van der Waals surface area contributed by atoms with Gasteiger partial charge in [0, 0.05) is 11.8 Å². The number of rotatable bonds is 4. The molecule has 0 aliphatic heterocycles. The Morgan fingerprint density at radius 1 is 1.00 bits per heavy atom. The van der Waals surface area contributed by atoms with E-state index in [1.165, 1.54) is 0 Å². The first-order valence-corrected chi connectivity index (χ1v) is 4.80. The molecule has 3 nitrogen and oxygen atoms in total. The van der Waals surface area contributed by atoms with Crippen molar-refractivity contribution in [3.05, 3.63) is 0 Å². The smallest absolute Gasteiger partial charge is 0.303 e. The van der Waals surface area contributed by atoms with Crippen molar-refractivity contribution < 1.29 is 14.7 Å². The number of ketones is 1. The van der Waals surface area contributed by atoms with Gasteiger partial charge < -0.3 is 5.11 Å². The second-order valence-electron chi connectivity index (χ2n) is 5.58. The minimum atomic E-state index is -0.850. The molecule has 0 aliphatic rings. The molecular weight excluding hydrogens is 180 g/mol. The summed E-state index contributed by atoms with van der Waals surface area (Å²) in [6, 6.07) is 0. The first kappa shape index (κ1) is 13.1. The van der Waals surface area contributed by atoms with E-state index in [0.29, 0.717) is 6.42 Å². The van der Waals surface area contributed by atoms with E-state index in [-0.39, 0.29) is 17.6 Å². The van der Waals surface area contributed by atoms with Crippen molar-refractivity contribution in [3.63, 3.8) is 0 Å². The van der Waals surface area contributed by atoms with E-state index in [1.807, 2.05) is 34.6 Å². The molecule has 14 heavy (non-hydrogen) atoms. The van der Waals surface area contributed by atoms with Crippen LogP contribution in [0.4, 0.5) is 0 Å². The fraction of sp³-hybridized carbons (Fsp3) is 0.818. The molecule has 0 atom stereocenters. The molecule has 3 heteroatoms. The van der Waals surface area contributed by atoms with Gasteiger partial charge >= 0.3 is 5.97 Å². The molecule has 0 rings (SSSR count). The minimum Gasteiger partial charge on any atom is -0.481 e. The van der Waals surface area contributed by atoms with Crippen molar-refractivity contribution in [2.24, 2.45) is 10.8 Å². The maximum absolute atomic E-state index is 11.7. The predicted octanol–water partition coefficient (Wildman–Crippen LogP) is 2.49. The van der Waals surface area contributed by atoms with Crippen LogP contribution >= 0.6 is 0 Å². The Labute approximate surface area is 85.5 Å². The Balaban J connectivity index is 4.37. The highest BCUT2D eigenvalue weighted by molar-refractivity contribution is 5.84. The van der Waals surface area contributed by atoms with E-state index in [4.69, 9.17) is 5.11 Å². The molecule has 0 saturated carbocycles. The molecule has 0 amide bonds. The zero-order chi connectivity index (χ0) is 11.6. The summed E-state index contributed by atoms with van der Waals surface area (Å²) < 4.78 is 0. The summed E-state index contributed by atoms with van der Waals surface area (Å²) in [5.74, 6) is -0.736. The van der Waals surface area contributed by atoms with Crippen LogP contribution < -0.4 is 0 Å². The number of carbonyl (C=O) groups excluding carboxylic acids is 1. The van der Waals surface area contributed by atoms with E-state index in [9.17, 15) is 9.59 Å². The summed E-state index contributed by atoms with van der Waals surface area (Å²) in [6.07, 6.45) is 0.359. The highest BCUT2D eigenvalue weighted by Crippen LogP contribution is 2.30. The molecule has 0 fully saturated rings. The highest BCUT2D eigenvalue weighted by atomic mass is 16.4. The quantitative estimate of drug-likeness (QED) is 0.758. The Hall–Kier alpha value is -0.860. The molecule has 0 aromatic heterocycles. The van der Waals surface area contributed by atoms with Crippen molar-refractivity contribution in [2.75, 3.05) is 0 Å². The van der Waals surface area contributed by atoms with Crippen molar-refractivity contribution >= 4 is 11.8 Å². The molecule has 0 unspecified atom stereocenters. The summed E-state index contributed by atoms with van der Waals surface area (Å²) in [6.45, 7) is 9.18. The van der Waals surface area contributed by atoms with Crippen LogP contribution in [0.2, 0.25) is 0 Å². The normalized spacial score (nSPS) is 12.6. The number of carbonyl (C=O) groups is 2. The van der Waals surface area contributed by atoms with E-state index in [2.05, 4.69) is 0 Å². The molecule has 0 spiro atoms. The second kappa shape index (κ2) is 4.11. The fourth-order valence-corrected chi connectivity index (χ4v) is 1.17. The average molecular weight is 200 g/mol. The molecule has 0 radical (unpaired) electrons. The van der Waals surface area contributed by atoms with Crippen LogP contribution in [0.25, 0.3) is 0 Å². The van der Waals surface area contributed by atoms with E-state index < -0.39 is 11.4 Å². The van der Waals surface area contributed by atoms with Crippen LogP contribution in [0, 0.1) is 10.8 Å². The van der Waals surface area contributed by atoms with Crippen molar-refractivity contribution in [2.45, 2.75) is 47.5 Å². The molecule has 1 N–H and O–H groups in total. The maximum atomic E-state index is 11.7. The van der Waals surface area contributed by atoms with Gasteiger partial charge in [-0.25, -0.2) is 0 Å². The Bertz CT molecular complexity index is 233. The number of hydrogen-bond acceptors (Lipinski definition) is 2. The molecular formula is C11H20O3. The summed E-state index contributed by atoms with van der Waals surface area (Å²) in [4.78, 5) is 22.2. The Kier molecular flexibility index (Phi) is 3.86. The van der Waals surface area contributed by atoms with Gasteiger partial charge in [0.25, 0.3) is 0 Å². The lowest BCUT2D eigenvalue weighted by Crippen LogP contribution is -2.28. The van der Waals surface area contributed by atoms with Gasteiger partial charge in [-0.2, -0.15) is 0 Å². The largest absolute Gasteiger partial charge is 0.481 e. The van der Waals surface area contributed by atoms with Crippen molar-refractivity contribution in [1.29, 1.82) is 0 Å². The Morgan fingerprint density at radius 3 is 1.71 bits per heavy atom. The van der Waals surface area contributed by atoms with Crippen molar-refractivity contribution in [1.82, 2.24) is 0 Å². The van der Waals surface area contributed by atoms with Crippen molar-refractivity contribution in [3.8, 4) is 0 Å². The van der Waals surface area contributed by atoms with Gasteiger partial charge in [0.2, 0.25) is 0 Å². The van der Waals surface area contributed by atoms with Gasteiger partial charge in [-0.15, -0.1) is 0 Å². The molecule has 0 bridgehead atoms. The van der Waals surface area contributed by atoms with Gasteiger partial charge in [-0.05, 0) is 5.41 Å². The van der Waals surface area contributed by atoms with E-state index >= 15 is 0 Å². The monoisotopic (exact) mass is 200 g/mol. The standard InChI is InChI=1S/C11H20O3/c1-10(2,3)8(12)6-11(4,5)7-9(13)14/h6-7H2,1-5H3,(H,13,14). The molecule has 82 valence electrons. The fourth-order valence-electron chi connectivity index (χ4n) is 1.17. The van der Waals surface area contributed by atoms with Crippen LogP contribution in [0.15, 0.2) is 0 Å². The second-order valence-corrected chi connectivity index (χ2v) is 5.58. The molecule has 0 heterocycles. The summed E-state index contributed by atoms with van der Waals surface area (Å²) >= 11 is 0. The van der Waals surface area contributed by atoms with Crippen LogP contribution in [0.5, 0.6) is 0 Å². The summed E-state index contributed by atoms with van der Waals surface area (Å²) in [5.41, 5.74) is -0.827. The SMILES string of the molecule is CC(C)(CC(=O)O)CC(=O)C(C)(C)C. The average Bonchev–Trinajstić information content (AvgIpc) is 1.79.